The van der Waals surface area contributed by atoms with Crippen molar-refractivity contribution in [3.63, 3.8) is 0 Å². The van der Waals surface area contributed by atoms with Crippen LogP contribution in [0.2, 0.25) is 0 Å². The second kappa shape index (κ2) is 6.19. The molecule has 0 aromatic heterocycles. The highest BCUT2D eigenvalue weighted by atomic mass is 16.5. The van der Waals surface area contributed by atoms with Crippen molar-refractivity contribution in [3.05, 3.63) is 11.1 Å². The zero-order chi connectivity index (χ0) is 18.7. The largest absolute Gasteiger partial charge is 0.462 e. The van der Waals surface area contributed by atoms with Gasteiger partial charge in [-0.1, -0.05) is 25.0 Å². The van der Waals surface area contributed by atoms with Crippen LogP contribution >= 0.6 is 0 Å². The van der Waals surface area contributed by atoms with Gasteiger partial charge in [-0.25, -0.2) is 0 Å². The highest BCUT2D eigenvalue weighted by Crippen LogP contribution is 2.64. The van der Waals surface area contributed by atoms with Gasteiger partial charge in [0.15, 0.2) is 5.78 Å². The number of cyclic esters (lactones) is 1. The Morgan fingerprint density at radius 1 is 1.15 bits per heavy atom. The van der Waals surface area contributed by atoms with E-state index >= 15 is 0 Å². The molecular formula is C22H32O4. The van der Waals surface area contributed by atoms with E-state index in [0.717, 1.165) is 44.9 Å². The van der Waals surface area contributed by atoms with Crippen LogP contribution in [0.15, 0.2) is 11.1 Å². The molecule has 0 aromatic rings. The highest BCUT2D eigenvalue weighted by molar-refractivity contribution is 5.83. The number of rotatable bonds is 2. The minimum atomic E-state index is -0.324. The first kappa shape index (κ1) is 18.2. The third-order valence-corrected chi connectivity index (χ3v) is 8.57. The van der Waals surface area contributed by atoms with Crippen molar-refractivity contribution in [1.82, 2.24) is 0 Å². The van der Waals surface area contributed by atoms with Crippen molar-refractivity contribution in [1.29, 1.82) is 0 Å². The van der Waals surface area contributed by atoms with Gasteiger partial charge in [0.25, 0.3) is 0 Å². The van der Waals surface area contributed by atoms with Gasteiger partial charge in [0.1, 0.15) is 12.7 Å². The van der Waals surface area contributed by atoms with E-state index in [0.29, 0.717) is 18.3 Å². The molecule has 4 nitrogen and oxygen atoms in total. The monoisotopic (exact) mass is 360 g/mol. The summed E-state index contributed by atoms with van der Waals surface area (Å²) in [6.07, 6.45) is 7.59. The Balaban J connectivity index is 1.72. The van der Waals surface area contributed by atoms with Crippen molar-refractivity contribution in [2.24, 2.45) is 28.6 Å². The Bertz CT molecular complexity index is 665. The van der Waals surface area contributed by atoms with Gasteiger partial charge in [-0.15, -0.1) is 0 Å². The average Bonchev–Trinajstić information content (AvgIpc) is 2.91. The van der Waals surface area contributed by atoms with Gasteiger partial charge in [0, 0.05) is 18.3 Å². The Kier molecular flexibility index (Phi) is 4.33. The number of Topliss-reactive ketones (excluding diaryl/α,β-unsaturated/α-hetero) is 1. The van der Waals surface area contributed by atoms with Crippen LogP contribution in [0.4, 0.5) is 0 Å². The summed E-state index contributed by atoms with van der Waals surface area (Å²) in [6.45, 7) is 6.38. The van der Waals surface area contributed by atoms with Crippen LogP contribution in [-0.4, -0.2) is 29.6 Å². The fraction of sp³-hybridized carbons (Fsp3) is 0.818. The summed E-state index contributed by atoms with van der Waals surface area (Å²) >= 11 is 0. The van der Waals surface area contributed by atoms with Crippen molar-refractivity contribution in [2.45, 2.75) is 78.2 Å². The fourth-order valence-electron chi connectivity index (χ4n) is 7.19. The SMILES string of the molecule is CC1OC(=O)CCC2(C)C3=C(CCC12)C1CCC(C(=O)CO)C1(C)CC3. The van der Waals surface area contributed by atoms with Gasteiger partial charge in [0.2, 0.25) is 0 Å². The summed E-state index contributed by atoms with van der Waals surface area (Å²) in [5, 5.41) is 9.41. The van der Waals surface area contributed by atoms with E-state index < -0.39 is 0 Å². The second-order valence-electron chi connectivity index (χ2n) is 9.57. The smallest absolute Gasteiger partial charge is 0.306 e. The molecule has 6 atom stereocenters. The van der Waals surface area contributed by atoms with Crippen molar-refractivity contribution >= 4 is 11.8 Å². The van der Waals surface area contributed by atoms with Gasteiger partial charge >= 0.3 is 5.97 Å². The zero-order valence-electron chi connectivity index (χ0n) is 16.3. The number of carbonyl (C=O) groups is 2. The minimum absolute atomic E-state index is 0.00447. The molecule has 1 heterocycles. The summed E-state index contributed by atoms with van der Waals surface area (Å²) in [5.41, 5.74) is 3.23. The molecule has 1 saturated heterocycles. The number of fused-ring (bicyclic) bond motifs is 4. The predicted molar refractivity (Wildman–Crippen MR) is 98.3 cm³/mol. The molecule has 1 N–H and O–H groups in total. The molecule has 144 valence electrons. The Hall–Kier alpha value is -1.16. The molecule has 0 radical (unpaired) electrons. The lowest BCUT2D eigenvalue weighted by atomic mass is 9.52. The molecule has 2 fully saturated rings. The number of aliphatic hydroxyl groups excluding tert-OH is 1. The first-order valence-electron chi connectivity index (χ1n) is 10.4. The van der Waals surface area contributed by atoms with Crippen molar-refractivity contribution in [2.75, 3.05) is 6.61 Å². The topological polar surface area (TPSA) is 63.6 Å². The molecule has 0 aromatic carbocycles. The molecule has 26 heavy (non-hydrogen) atoms. The van der Waals surface area contributed by atoms with Crippen LogP contribution in [-0.2, 0) is 14.3 Å². The number of hydrogen-bond donors (Lipinski definition) is 1. The van der Waals surface area contributed by atoms with E-state index in [1.54, 1.807) is 11.1 Å². The van der Waals surface area contributed by atoms with Crippen LogP contribution in [0.3, 0.4) is 0 Å². The third kappa shape index (κ3) is 2.44. The maximum absolute atomic E-state index is 12.3. The molecule has 4 rings (SSSR count). The normalized spacial score (nSPS) is 45.3. The summed E-state index contributed by atoms with van der Waals surface area (Å²) in [6, 6.07) is 0. The second-order valence-corrected chi connectivity index (χ2v) is 9.57. The van der Waals surface area contributed by atoms with Crippen LogP contribution < -0.4 is 0 Å². The van der Waals surface area contributed by atoms with Crippen LogP contribution in [0.1, 0.15) is 72.1 Å². The molecule has 3 aliphatic carbocycles. The Morgan fingerprint density at radius 2 is 1.92 bits per heavy atom. The lowest BCUT2D eigenvalue weighted by Crippen LogP contribution is -2.45. The summed E-state index contributed by atoms with van der Waals surface area (Å²) in [7, 11) is 0. The number of aliphatic hydroxyl groups is 1. The molecular weight excluding hydrogens is 328 g/mol. The summed E-state index contributed by atoms with van der Waals surface area (Å²) in [4.78, 5) is 24.4. The maximum Gasteiger partial charge on any atom is 0.306 e. The van der Waals surface area contributed by atoms with Crippen LogP contribution in [0.25, 0.3) is 0 Å². The number of hydrogen-bond acceptors (Lipinski definition) is 4. The van der Waals surface area contributed by atoms with Gasteiger partial charge in [-0.2, -0.15) is 0 Å². The van der Waals surface area contributed by atoms with Crippen molar-refractivity contribution in [3.8, 4) is 0 Å². The zero-order valence-corrected chi connectivity index (χ0v) is 16.3. The number of allylic oxidation sites excluding steroid dienone is 2. The van der Waals surface area contributed by atoms with E-state index in [9.17, 15) is 14.7 Å². The summed E-state index contributed by atoms with van der Waals surface area (Å²) < 4.78 is 5.66. The van der Waals surface area contributed by atoms with Gasteiger partial charge in [-0.3, -0.25) is 9.59 Å². The van der Waals surface area contributed by atoms with E-state index in [1.165, 1.54) is 0 Å². The molecule has 6 unspecified atom stereocenters. The average molecular weight is 360 g/mol. The predicted octanol–water partition coefficient (Wildman–Crippen LogP) is 3.81. The summed E-state index contributed by atoms with van der Waals surface area (Å²) in [5.74, 6) is 0.870. The lowest BCUT2D eigenvalue weighted by Gasteiger charge is -2.52. The molecule has 0 bridgehead atoms. The Morgan fingerprint density at radius 3 is 2.65 bits per heavy atom. The maximum atomic E-state index is 12.3. The van der Waals surface area contributed by atoms with E-state index in [1.807, 2.05) is 0 Å². The number of carbonyl (C=O) groups excluding carboxylic acids is 2. The minimum Gasteiger partial charge on any atom is -0.462 e. The van der Waals surface area contributed by atoms with Crippen LogP contribution in [0.5, 0.6) is 0 Å². The first-order chi connectivity index (χ1) is 12.3. The molecule has 0 amide bonds. The quantitative estimate of drug-likeness (QED) is 0.601. The highest BCUT2D eigenvalue weighted by Gasteiger charge is 2.56. The van der Waals surface area contributed by atoms with Gasteiger partial charge in [-0.05, 0) is 68.6 Å². The molecule has 0 spiro atoms. The fourth-order valence-corrected chi connectivity index (χ4v) is 7.19. The molecule has 1 aliphatic heterocycles. The number of ether oxygens (including phenoxy) is 1. The van der Waals surface area contributed by atoms with Gasteiger partial charge < -0.3 is 9.84 Å². The Labute approximate surface area is 156 Å². The molecule has 1 saturated carbocycles. The standard InChI is InChI=1S/C22H32O4/c1-13-15-5-4-14-16-6-7-18(19(24)12-23)22(16,3)10-8-17(14)21(15,2)11-9-20(25)26-13/h13,15-16,18,23H,4-12H2,1-3H3. The molecule has 4 heteroatoms. The van der Waals surface area contributed by atoms with E-state index in [-0.39, 0.29) is 41.2 Å². The van der Waals surface area contributed by atoms with E-state index in [2.05, 4.69) is 20.8 Å². The van der Waals surface area contributed by atoms with Crippen molar-refractivity contribution < 1.29 is 19.4 Å². The number of esters is 1. The first-order valence-corrected chi connectivity index (χ1v) is 10.4. The van der Waals surface area contributed by atoms with E-state index in [4.69, 9.17) is 4.74 Å². The third-order valence-electron chi connectivity index (χ3n) is 8.57. The number of ketones is 1. The van der Waals surface area contributed by atoms with Crippen LogP contribution in [0, 0.1) is 28.6 Å². The van der Waals surface area contributed by atoms with Gasteiger partial charge in [0.05, 0.1) is 0 Å². The lowest BCUT2D eigenvalue weighted by molar-refractivity contribution is -0.149. The molecule has 4 aliphatic rings.